The van der Waals surface area contributed by atoms with E-state index in [1.54, 1.807) is 7.11 Å². The Bertz CT molecular complexity index is 389. The Morgan fingerprint density at radius 2 is 2.38 bits per heavy atom. The van der Waals surface area contributed by atoms with Gasteiger partial charge in [0, 0.05) is 18.7 Å². The minimum atomic E-state index is -0.779. The van der Waals surface area contributed by atoms with Crippen LogP contribution in [0.3, 0.4) is 0 Å². The standard InChI is InChI=1S/C12H15NO3/c1-16-11-4-2-3-9-5-6-13(7-10(9)11)8-12(14)15/h2-4H,5-8H2,1H3,(H,14,15). The van der Waals surface area contributed by atoms with Crippen LogP contribution in [0.1, 0.15) is 11.1 Å². The van der Waals surface area contributed by atoms with E-state index < -0.39 is 5.97 Å². The normalized spacial score (nSPS) is 15.6. The molecule has 1 aromatic carbocycles. The molecule has 0 saturated heterocycles. The zero-order chi connectivity index (χ0) is 11.5. The molecule has 86 valence electrons. The predicted molar refractivity (Wildman–Crippen MR) is 59.6 cm³/mol. The number of hydrogen-bond donors (Lipinski definition) is 1. The quantitative estimate of drug-likeness (QED) is 0.831. The van der Waals surface area contributed by atoms with Crippen LogP contribution in [0.15, 0.2) is 18.2 Å². The number of aliphatic carboxylic acids is 1. The number of rotatable bonds is 3. The number of carbonyl (C=O) groups is 1. The van der Waals surface area contributed by atoms with Gasteiger partial charge in [-0.1, -0.05) is 12.1 Å². The van der Waals surface area contributed by atoms with Crippen LogP contribution in [0, 0.1) is 0 Å². The predicted octanol–water partition coefficient (Wildman–Crippen LogP) is 1.14. The second kappa shape index (κ2) is 4.53. The second-order valence-electron chi connectivity index (χ2n) is 3.95. The van der Waals surface area contributed by atoms with Crippen LogP contribution in [-0.2, 0) is 17.8 Å². The Balaban J connectivity index is 2.21. The topological polar surface area (TPSA) is 49.8 Å². The van der Waals surface area contributed by atoms with Gasteiger partial charge in [-0.3, -0.25) is 9.69 Å². The van der Waals surface area contributed by atoms with E-state index in [4.69, 9.17) is 9.84 Å². The van der Waals surface area contributed by atoms with Gasteiger partial charge in [-0.15, -0.1) is 0 Å². The molecule has 1 aromatic rings. The van der Waals surface area contributed by atoms with E-state index in [0.717, 1.165) is 24.3 Å². The molecule has 16 heavy (non-hydrogen) atoms. The molecular formula is C12H15NO3. The van der Waals surface area contributed by atoms with E-state index in [2.05, 4.69) is 6.07 Å². The Hall–Kier alpha value is -1.55. The van der Waals surface area contributed by atoms with Crippen molar-refractivity contribution >= 4 is 5.97 Å². The number of ether oxygens (including phenoxy) is 1. The fraction of sp³-hybridized carbons (Fsp3) is 0.417. The summed E-state index contributed by atoms with van der Waals surface area (Å²) in [4.78, 5) is 12.6. The largest absolute Gasteiger partial charge is 0.496 e. The molecular weight excluding hydrogens is 206 g/mol. The summed E-state index contributed by atoms with van der Waals surface area (Å²) in [6, 6.07) is 5.98. The number of fused-ring (bicyclic) bond motifs is 1. The smallest absolute Gasteiger partial charge is 0.317 e. The highest BCUT2D eigenvalue weighted by Gasteiger charge is 2.20. The van der Waals surface area contributed by atoms with Crippen molar-refractivity contribution in [3.05, 3.63) is 29.3 Å². The molecule has 0 unspecified atom stereocenters. The van der Waals surface area contributed by atoms with Gasteiger partial charge in [0.2, 0.25) is 0 Å². The number of carboxylic acid groups (broad SMARTS) is 1. The number of carboxylic acids is 1. The van der Waals surface area contributed by atoms with E-state index in [-0.39, 0.29) is 6.54 Å². The molecule has 0 aliphatic carbocycles. The summed E-state index contributed by atoms with van der Waals surface area (Å²) in [5.41, 5.74) is 2.39. The van der Waals surface area contributed by atoms with Gasteiger partial charge in [0.15, 0.2) is 0 Å². The molecule has 0 spiro atoms. The maximum atomic E-state index is 10.7. The molecule has 0 fully saturated rings. The molecule has 4 heteroatoms. The minimum Gasteiger partial charge on any atom is -0.496 e. The first kappa shape index (κ1) is 11.0. The minimum absolute atomic E-state index is 0.0947. The SMILES string of the molecule is COc1cccc2c1CN(CC(=O)O)CC2. The van der Waals surface area contributed by atoms with Crippen LogP contribution < -0.4 is 4.74 Å². The number of nitrogens with zero attached hydrogens (tertiary/aromatic N) is 1. The third kappa shape index (κ3) is 2.17. The van der Waals surface area contributed by atoms with Gasteiger partial charge in [0.05, 0.1) is 13.7 Å². The molecule has 0 aromatic heterocycles. The maximum absolute atomic E-state index is 10.7. The van der Waals surface area contributed by atoms with Crippen molar-refractivity contribution in [3.63, 3.8) is 0 Å². The third-order valence-electron chi connectivity index (χ3n) is 2.89. The number of benzene rings is 1. The summed E-state index contributed by atoms with van der Waals surface area (Å²) < 4.78 is 5.29. The van der Waals surface area contributed by atoms with Crippen LogP contribution in [0.25, 0.3) is 0 Å². The lowest BCUT2D eigenvalue weighted by molar-refractivity contribution is -0.138. The lowest BCUT2D eigenvalue weighted by Crippen LogP contribution is -2.34. The van der Waals surface area contributed by atoms with Crippen molar-refractivity contribution < 1.29 is 14.6 Å². The van der Waals surface area contributed by atoms with E-state index >= 15 is 0 Å². The summed E-state index contributed by atoms with van der Waals surface area (Å²) in [6.45, 7) is 1.55. The Morgan fingerprint density at radius 3 is 3.06 bits per heavy atom. The van der Waals surface area contributed by atoms with Gasteiger partial charge < -0.3 is 9.84 Å². The van der Waals surface area contributed by atoms with Crippen LogP contribution in [0.2, 0.25) is 0 Å². The maximum Gasteiger partial charge on any atom is 0.317 e. The van der Waals surface area contributed by atoms with Crippen molar-refractivity contribution in [2.24, 2.45) is 0 Å². The van der Waals surface area contributed by atoms with Crippen LogP contribution in [-0.4, -0.2) is 36.2 Å². The van der Waals surface area contributed by atoms with Gasteiger partial charge in [-0.25, -0.2) is 0 Å². The summed E-state index contributed by atoms with van der Waals surface area (Å²) in [7, 11) is 1.64. The molecule has 1 heterocycles. The van der Waals surface area contributed by atoms with Crippen molar-refractivity contribution in [2.45, 2.75) is 13.0 Å². The molecule has 0 radical (unpaired) electrons. The highest BCUT2D eigenvalue weighted by Crippen LogP contribution is 2.27. The highest BCUT2D eigenvalue weighted by atomic mass is 16.5. The van der Waals surface area contributed by atoms with Crippen molar-refractivity contribution in [3.8, 4) is 5.75 Å². The average molecular weight is 221 g/mol. The molecule has 4 nitrogen and oxygen atoms in total. The highest BCUT2D eigenvalue weighted by molar-refractivity contribution is 5.69. The van der Waals surface area contributed by atoms with Crippen molar-refractivity contribution in [1.29, 1.82) is 0 Å². The molecule has 0 saturated carbocycles. The molecule has 0 atom stereocenters. The summed E-state index contributed by atoms with van der Waals surface area (Å²) in [5, 5.41) is 8.77. The molecule has 2 rings (SSSR count). The average Bonchev–Trinajstić information content (AvgIpc) is 2.27. The van der Waals surface area contributed by atoms with Gasteiger partial charge in [-0.2, -0.15) is 0 Å². The first-order chi connectivity index (χ1) is 7.70. The van der Waals surface area contributed by atoms with E-state index in [1.165, 1.54) is 5.56 Å². The lowest BCUT2D eigenvalue weighted by atomic mass is 9.99. The number of methoxy groups -OCH3 is 1. The molecule has 0 bridgehead atoms. The summed E-state index contributed by atoms with van der Waals surface area (Å²) >= 11 is 0. The summed E-state index contributed by atoms with van der Waals surface area (Å²) in [6.07, 6.45) is 0.889. The Kier molecular flexibility index (Phi) is 3.10. The van der Waals surface area contributed by atoms with E-state index in [1.807, 2.05) is 17.0 Å². The number of hydrogen-bond acceptors (Lipinski definition) is 3. The van der Waals surface area contributed by atoms with Gasteiger partial charge in [-0.05, 0) is 18.1 Å². The first-order valence-electron chi connectivity index (χ1n) is 5.29. The second-order valence-corrected chi connectivity index (χ2v) is 3.95. The fourth-order valence-electron chi connectivity index (χ4n) is 2.12. The molecule has 1 aliphatic heterocycles. The molecule has 0 amide bonds. The Labute approximate surface area is 94.4 Å². The van der Waals surface area contributed by atoms with Crippen molar-refractivity contribution in [2.75, 3.05) is 20.2 Å². The molecule has 1 N–H and O–H groups in total. The van der Waals surface area contributed by atoms with Crippen LogP contribution in [0.5, 0.6) is 5.75 Å². The zero-order valence-electron chi connectivity index (χ0n) is 9.27. The van der Waals surface area contributed by atoms with Crippen LogP contribution >= 0.6 is 0 Å². The van der Waals surface area contributed by atoms with E-state index in [9.17, 15) is 4.79 Å². The van der Waals surface area contributed by atoms with Crippen molar-refractivity contribution in [1.82, 2.24) is 4.90 Å². The van der Waals surface area contributed by atoms with E-state index in [0.29, 0.717) is 6.54 Å². The van der Waals surface area contributed by atoms with Crippen LogP contribution in [0.4, 0.5) is 0 Å². The monoisotopic (exact) mass is 221 g/mol. The van der Waals surface area contributed by atoms with Gasteiger partial charge >= 0.3 is 5.97 Å². The molecule has 1 aliphatic rings. The van der Waals surface area contributed by atoms with Gasteiger partial charge in [0.1, 0.15) is 5.75 Å². The first-order valence-corrected chi connectivity index (χ1v) is 5.29. The lowest BCUT2D eigenvalue weighted by Gasteiger charge is -2.28. The summed E-state index contributed by atoms with van der Waals surface area (Å²) in [5.74, 6) is 0.0749. The Morgan fingerprint density at radius 1 is 1.56 bits per heavy atom. The third-order valence-corrected chi connectivity index (χ3v) is 2.89. The fourth-order valence-corrected chi connectivity index (χ4v) is 2.12. The zero-order valence-corrected chi connectivity index (χ0v) is 9.27. The van der Waals surface area contributed by atoms with Gasteiger partial charge in [0.25, 0.3) is 0 Å².